The summed E-state index contributed by atoms with van der Waals surface area (Å²) in [6, 6.07) is 10.6. The molecule has 0 saturated heterocycles. The molecule has 3 heterocycles. The van der Waals surface area contributed by atoms with Crippen molar-refractivity contribution in [3.05, 3.63) is 63.2 Å². The molecule has 0 N–H and O–H groups in total. The van der Waals surface area contributed by atoms with E-state index in [-0.39, 0.29) is 5.91 Å². The molecule has 1 aliphatic heterocycles. The Balaban J connectivity index is 1.54. The third-order valence-corrected chi connectivity index (χ3v) is 6.02. The Morgan fingerprint density at radius 2 is 1.96 bits per heavy atom. The van der Waals surface area contributed by atoms with E-state index in [0.29, 0.717) is 13.1 Å². The maximum absolute atomic E-state index is 12.9. The molecule has 0 aliphatic carbocycles. The van der Waals surface area contributed by atoms with Gasteiger partial charge in [0.05, 0.1) is 10.7 Å². The second-order valence-corrected chi connectivity index (χ2v) is 8.02. The number of nitrogens with zero attached hydrogens (tertiary/aromatic N) is 3. The Morgan fingerprint density at radius 3 is 2.69 bits per heavy atom. The molecule has 0 unspecified atom stereocenters. The Kier molecular flexibility index (Phi) is 4.41. The molecular formula is C21H23N3OS. The summed E-state index contributed by atoms with van der Waals surface area (Å²) in [6.45, 7) is 8.07. The summed E-state index contributed by atoms with van der Waals surface area (Å²) in [7, 11) is 0. The fraction of sp³-hybridized carbons (Fsp3) is 0.333. The Morgan fingerprint density at radius 1 is 1.19 bits per heavy atom. The van der Waals surface area contributed by atoms with E-state index >= 15 is 0 Å². The first-order chi connectivity index (χ1) is 12.5. The standard InChI is InChI=1S/C21H23N3OS/c1-14-10-19(20-13-26-16(3)22-20)15(2)24(14)12-21(25)23-9-8-17-6-4-5-7-18(17)11-23/h4-7,10,13H,8-9,11-12H2,1-3H3. The fourth-order valence-corrected chi connectivity index (χ4v) is 4.35. The van der Waals surface area contributed by atoms with Gasteiger partial charge in [0.15, 0.2) is 0 Å². The molecule has 0 fully saturated rings. The van der Waals surface area contributed by atoms with Crippen LogP contribution in [0.5, 0.6) is 0 Å². The van der Waals surface area contributed by atoms with Gasteiger partial charge in [0.1, 0.15) is 6.54 Å². The summed E-state index contributed by atoms with van der Waals surface area (Å²) in [5.41, 5.74) is 6.99. The van der Waals surface area contributed by atoms with Gasteiger partial charge in [0.25, 0.3) is 0 Å². The number of hydrogen-bond acceptors (Lipinski definition) is 3. The van der Waals surface area contributed by atoms with Crippen molar-refractivity contribution in [3.63, 3.8) is 0 Å². The van der Waals surface area contributed by atoms with Crippen LogP contribution in [0.1, 0.15) is 27.5 Å². The molecule has 134 valence electrons. The van der Waals surface area contributed by atoms with E-state index in [1.54, 1.807) is 11.3 Å². The molecular weight excluding hydrogens is 342 g/mol. The molecule has 1 aliphatic rings. The molecule has 26 heavy (non-hydrogen) atoms. The highest BCUT2D eigenvalue weighted by Crippen LogP contribution is 2.28. The average Bonchev–Trinajstić information content (AvgIpc) is 3.19. The molecule has 0 atom stereocenters. The van der Waals surface area contributed by atoms with Crippen molar-refractivity contribution in [1.29, 1.82) is 0 Å². The van der Waals surface area contributed by atoms with Crippen LogP contribution in [0, 0.1) is 20.8 Å². The van der Waals surface area contributed by atoms with Gasteiger partial charge in [-0.05, 0) is 44.4 Å². The minimum Gasteiger partial charge on any atom is -0.339 e. The quantitative estimate of drug-likeness (QED) is 0.700. The van der Waals surface area contributed by atoms with Crippen molar-refractivity contribution >= 4 is 17.2 Å². The lowest BCUT2D eigenvalue weighted by Gasteiger charge is -2.29. The van der Waals surface area contributed by atoms with Crippen LogP contribution in [0.4, 0.5) is 0 Å². The zero-order valence-electron chi connectivity index (χ0n) is 15.5. The number of aryl methyl sites for hydroxylation is 2. The number of rotatable bonds is 3. The SMILES string of the molecule is Cc1nc(-c2cc(C)n(CC(=O)N3CCc4ccccc4C3)c2C)cs1. The van der Waals surface area contributed by atoms with Crippen LogP contribution >= 0.6 is 11.3 Å². The van der Waals surface area contributed by atoms with E-state index in [1.807, 2.05) is 11.8 Å². The lowest BCUT2D eigenvalue weighted by molar-refractivity contribution is -0.132. The predicted octanol–water partition coefficient (Wildman–Crippen LogP) is 4.12. The molecule has 0 spiro atoms. The highest BCUT2D eigenvalue weighted by Gasteiger charge is 2.22. The van der Waals surface area contributed by atoms with Crippen molar-refractivity contribution in [2.45, 2.75) is 40.3 Å². The Labute approximate surface area is 158 Å². The number of benzene rings is 1. The van der Waals surface area contributed by atoms with Crippen LogP contribution in [-0.4, -0.2) is 26.9 Å². The molecule has 2 aromatic heterocycles. The molecule has 0 saturated carbocycles. The third-order valence-electron chi connectivity index (χ3n) is 5.25. The number of fused-ring (bicyclic) bond motifs is 1. The predicted molar refractivity (Wildman–Crippen MR) is 105 cm³/mol. The van der Waals surface area contributed by atoms with Crippen LogP contribution in [0.3, 0.4) is 0 Å². The first-order valence-electron chi connectivity index (χ1n) is 8.96. The number of carbonyl (C=O) groups is 1. The van der Waals surface area contributed by atoms with Gasteiger partial charge in [-0.1, -0.05) is 24.3 Å². The van der Waals surface area contributed by atoms with Gasteiger partial charge < -0.3 is 9.47 Å². The largest absolute Gasteiger partial charge is 0.339 e. The number of thiazole rings is 1. The first kappa shape index (κ1) is 17.0. The van der Waals surface area contributed by atoms with Gasteiger partial charge in [-0.3, -0.25) is 4.79 Å². The molecule has 0 bridgehead atoms. The molecule has 0 radical (unpaired) electrons. The molecule has 4 nitrogen and oxygen atoms in total. The van der Waals surface area contributed by atoms with E-state index in [4.69, 9.17) is 0 Å². The van der Waals surface area contributed by atoms with Gasteiger partial charge in [-0.15, -0.1) is 11.3 Å². The van der Waals surface area contributed by atoms with Crippen LogP contribution < -0.4 is 0 Å². The summed E-state index contributed by atoms with van der Waals surface area (Å²) in [4.78, 5) is 19.5. The molecule has 1 aromatic carbocycles. The monoisotopic (exact) mass is 365 g/mol. The average molecular weight is 366 g/mol. The van der Waals surface area contributed by atoms with E-state index in [1.165, 1.54) is 11.1 Å². The molecule has 4 rings (SSSR count). The smallest absolute Gasteiger partial charge is 0.242 e. The van der Waals surface area contributed by atoms with Gasteiger partial charge in [0.2, 0.25) is 5.91 Å². The van der Waals surface area contributed by atoms with Crippen LogP contribution in [0.15, 0.2) is 35.7 Å². The zero-order chi connectivity index (χ0) is 18.3. The van der Waals surface area contributed by atoms with E-state index in [9.17, 15) is 4.79 Å². The van der Waals surface area contributed by atoms with Crippen LogP contribution in [0.25, 0.3) is 11.3 Å². The highest BCUT2D eigenvalue weighted by atomic mass is 32.1. The van der Waals surface area contributed by atoms with E-state index < -0.39 is 0 Å². The summed E-state index contributed by atoms with van der Waals surface area (Å²) >= 11 is 1.66. The number of hydrogen-bond donors (Lipinski definition) is 0. The van der Waals surface area contributed by atoms with Crippen molar-refractivity contribution in [1.82, 2.24) is 14.5 Å². The molecule has 1 amide bonds. The maximum Gasteiger partial charge on any atom is 0.242 e. The zero-order valence-corrected chi connectivity index (χ0v) is 16.3. The molecule has 3 aromatic rings. The number of amides is 1. The third kappa shape index (κ3) is 3.07. The van der Waals surface area contributed by atoms with Crippen molar-refractivity contribution < 1.29 is 4.79 Å². The summed E-state index contributed by atoms with van der Waals surface area (Å²) < 4.78 is 2.12. The number of aromatic nitrogens is 2. The minimum atomic E-state index is 0.183. The minimum absolute atomic E-state index is 0.183. The maximum atomic E-state index is 12.9. The highest BCUT2D eigenvalue weighted by molar-refractivity contribution is 7.09. The topological polar surface area (TPSA) is 38.1 Å². The van der Waals surface area contributed by atoms with Gasteiger partial charge in [-0.25, -0.2) is 4.98 Å². The van der Waals surface area contributed by atoms with Gasteiger partial charge in [0, 0.05) is 35.4 Å². The second-order valence-electron chi connectivity index (χ2n) is 6.96. The Hall–Kier alpha value is -2.40. The number of carbonyl (C=O) groups excluding carboxylic acids is 1. The normalized spacial score (nSPS) is 13.7. The summed E-state index contributed by atoms with van der Waals surface area (Å²) in [5.74, 6) is 0.183. The fourth-order valence-electron chi connectivity index (χ4n) is 3.73. The van der Waals surface area contributed by atoms with Crippen LogP contribution in [-0.2, 0) is 24.3 Å². The van der Waals surface area contributed by atoms with Crippen molar-refractivity contribution in [2.24, 2.45) is 0 Å². The lowest BCUT2D eigenvalue weighted by atomic mass is 10.00. The van der Waals surface area contributed by atoms with E-state index in [2.05, 4.69) is 59.1 Å². The van der Waals surface area contributed by atoms with Gasteiger partial charge >= 0.3 is 0 Å². The first-order valence-corrected chi connectivity index (χ1v) is 9.84. The molecule has 5 heteroatoms. The van der Waals surface area contributed by atoms with Crippen LogP contribution in [0.2, 0.25) is 0 Å². The second kappa shape index (κ2) is 6.72. The summed E-state index contributed by atoms with van der Waals surface area (Å²) in [6.07, 6.45) is 0.939. The van der Waals surface area contributed by atoms with Gasteiger partial charge in [-0.2, -0.15) is 0 Å². The van der Waals surface area contributed by atoms with Crippen molar-refractivity contribution in [2.75, 3.05) is 6.54 Å². The van der Waals surface area contributed by atoms with Crippen molar-refractivity contribution in [3.8, 4) is 11.3 Å². The summed E-state index contributed by atoms with van der Waals surface area (Å²) in [5, 5.41) is 3.15. The lowest BCUT2D eigenvalue weighted by Crippen LogP contribution is -2.38. The van der Waals surface area contributed by atoms with E-state index in [0.717, 1.165) is 40.6 Å². The Bertz CT molecular complexity index is 970.